The number of ether oxygens (including phenoxy) is 1. The van der Waals surface area contributed by atoms with Crippen LogP contribution in [0.15, 0.2) is 6.20 Å². The molecule has 0 amide bonds. The van der Waals surface area contributed by atoms with Gasteiger partial charge in [-0.1, -0.05) is 0 Å². The van der Waals surface area contributed by atoms with Crippen molar-refractivity contribution in [3.05, 3.63) is 17.5 Å². The van der Waals surface area contributed by atoms with Gasteiger partial charge in [0.25, 0.3) is 0 Å². The summed E-state index contributed by atoms with van der Waals surface area (Å²) in [5, 5.41) is 25.9. The number of aliphatic hydroxyl groups excluding tert-OH is 1. The van der Waals surface area contributed by atoms with Crippen molar-refractivity contribution in [2.75, 3.05) is 19.8 Å². The van der Waals surface area contributed by atoms with Gasteiger partial charge >= 0.3 is 5.97 Å². The molecule has 106 valence electrons. The molecule has 7 heteroatoms. The number of carboxylic acids is 1. The molecule has 1 aliphatic heterocycles. The van der Waals surface area contributed by atoms with Crippen LogP contribution in [-0.4, -0.2) is 51.3 Å². The second-order valence-corrected chi connectivity index (χ2v) is 4.84. The second kappa shape index (κ2) is 5.68. The Kier molecular flexibility index (Phi) is 4.18. The van der Waals surface area contributed by atoms with E-state index in [1.54, 1.807) is 11.7 Å². The molecular weight excluding hydrogens is 250 g/mol. The Balaban J connectivity index is 2.09. The monoisotopic (exact) mass is 269 g/mol. The first kappa shape index (κ1) is 14.0. The van der Waals surface area contributed by atoms with Crippen molar-refractivity contribution < 1.29 is 19.7 Å². The highest BCUT2D eigenvalue weighted by Crippen LogP contribution is 2.21. The molecule has 0 aromatic carbocycles. The lowest BCUT2D eigenvalue weighted by Gasteiger charge is -2.36. The fourth-order valence-electron chi connectivity index (χ4n) is 2.28. The van der Waals surface area contributed by atoms with Gasteiger partial charge in [-0.3, -0.25) is 4.68 Å². The molecule has 1 saturated heterocycles. The first-order valence-corrected chi connectivity index (χ1v) is 6.26. The van der Waals surface area contributed by atoms with E-state index < -0.39 is 11.5 Å². The van der Waals surface area contributed by atoms with Gasteiger partial charge in [0.1, 0.15) is 5.56 Å². The van der Waals surface area contributed by atoms with E-state index >= 15 is 0 Å². The van der Waals surface area contributed by atoms with Crippen molar-refractivity contribution in [2.24, 2.45) is 7.05 Å². The van der Waals surface area contributed by atoms with Crippen LogP contribution < -0.4 is 5.32 Å². The van der Waals surface area contributed by atoms with Crippen LogP contribution in [0.4, 0.5) is 0 Å². The summed E-state index contributed by atoms with van der Waals surface area (Å²) in [5.41, 5.74) is 0.403. The molecule has 1 aromatic rings. The number of aryl methyl sites for hydroxylation is 1. The van der Waals surface area contributed by atoms with Crippen LogP contribution in [0, 0.1) is 0 Å². The molecule has 0 unspecified atom stereocenters. The number of rotatable bonds is 5. The Morgan fingerprint density at radius 1 is 1.58 bits per heavy atom. The van der Waals surface area contributed by atoms with Crippen LogP contribution in [0.1, 0.15) is 28.9 Å². The van der Waals surface area contributed by atoms with Crippen LogP contribution in [0.2, 0.25) is 0 Å². The van der Waals surface area contributed by atoms with Gasteiger partial charge in [-0.2, -0.15) is 5.10 Å². The summed E-state index contributed by atoms with van der Waals surface area (Å²) in [7, 11) is 1.71. The fraction of sp³-hybridized carbons (Fsp3) is 0.667. The summed E-state index contributed by atoms with van der Waals surface area (Å²) < 4.78 is 6.83. The van der Waals surface area contributed by atoms with Crippen molar-refractivity contribution in [2.45, 2.75) is 24.9 Å². The Hall–Kier alpha value is -1.44. The van der Waals surface area contributed by atoms with Crippen molar-refractivity contribution >= 4 is 5.97 Å². The van der Waals surface area contributed by atoms with E-state index in [-0.39, 0.29) is 12.2 Å². The average molecular weight is 269 g/mol. The highest BCUT2D eigenvalue weighted by Gasteiger charge is 2.32. The third-order valence-corrected chi connectivity index (χ3v) is 3.68. The molecule has 0 bridgehead atoms. The summed E-state index contributed by atoms with van der Waals surface area (Å²) >= 11 is 0. The maximum Gasteiger partial charge on any atom is 0.339 e. The quantitative estimate of drug-likeness (QED) is 0.682. The van der Waals surface area contributed by atoms with Crippen molar-refractivity contribution in [1.29, 1.82) is 0 Å². The minimum Gasteiger partial charge on any atom is -0.478 e. The molecule has 2 rings (SSSR count). The Morgan fingerprint density at radius 3 is 2.84 bits per heavy atom. The van der Waals surface area contributed by atoms with Crippen LogP contribution in [0.5, 0.6) is 0 Å². The summed E-state index contributed by atoms with van der Waals surface area (Å²) in [4.78, 5) is 11.1. The van der Waals surface area contributed by atoms with Gasteiger partial charge in [0.2, 0.25) is 0 Å². The number of carbonyl (C=O) groups is 1. The zero-order chi connectivity index (χ0) is 13.9. The van der Waals surface area contributed by atoms with Gasteiger partial charge in [-0.15, -0.1) is 0 Å². The number of nitrogens with one attached hydrogen (secondary N) is 1. The minimum absolute atomic E-state index is 0.0105. The van der Waals surface area contributed by atoms with Crippen LogP contribution in [-0.2, 0) is 18.3 Å². The lowest BCUT2D eigenvalue weighted by atomic mass is 9.91. The smallest absolute Gasteiger partial charge is 0.339 e. The number of aromatic nitrogens is 2. The fourth-order valence-corrected chi connectivity index (χ4v) is 2.28. The van der Waals surface area contributed by atoms with E-state index in [0.29, 0.717) is 38.3 Å². The average Bonchev–Trinajstić information content (AvgIpc) is 2.79. The van der Waals surface area contributed by atoms with Crippen molar-refractivity contribution in [1.82, 2.24) is 15.1 Å². The molecule has 1 aliphatic rings. The van der Waals surface area contributed by atoms with E-state index in [0.717, 1.165) is 0 Å². The lowest BCUT2D eigenvalue weighted by molar-refractivity contribution is 0.0108. The van der Waals surface area contributed by atoms with E-state index in [2.05, 4.69) is 10.4 Å². The number of nitrogens with zero attached hydrogens (tertiary/aromatic N) is 2. The topological polar surface area (TPSA) is 96.6 Å². The molecule has 3 N–H and O–H groups in total. The lowest BCUT2D eigenvalue weighted by Crippen LogP contribution is -2.52. The number of aliphatic hydroxyl groups is 1. The number of aromatic carboxylic acids is 1. The molecule has 19 heavy (non-hydrogen) atoms. The highest BCUT2D eigenvalue weighted by molar-refractivity contribution is 5.88. The van der Waals surface area contributed by atoms with Gasteiger partial charge in [-0.05, 0) is 12.8 Å². The Morgan fingerprint density at radius 2 is 2.26 bits per heavy atom. The summed E-state index contributed by atoms with van der Waals surface area (Å²) in [5.74, 6) is -0.991. The van der Waals surface area contributed by atoms with Gasteiger partial charge < -0.3 is 20.3 Å². The summed E-state index contributed by atoms with van der Waals surface area (Å²) in [6, 6.07) is 0. The second-order valence-electron chi connectivity index (χ2n) is 4.84. The predicted molar refractivity (Wildman–Crippen MR) is 66.9 cm³/mol. The molecule has 2 heterocycles. The highest BCUT2D eigenvalue weighted by atomic mass is 16.5. The SMILES string of the molecule is Cn1ncc(C(=O)O)c1CNC1(CO)CCOCC1. The first-order chi connectivity index (χ1) is 9.08. The Labute approximate surface area is 111 Å². The number of hydrogen-bond donors (Lipinski definition) is 3. The van der Waals surface area contributed by atoms with Gasteiger partial charge in [0.15, 0.2) is 0 Å². The molecule has 7 nitrogen and oxygen atoms in total. The standard InChI is InChI=1S/C12H19N3O4/c1-15-10(9(6-14-15)11(17)18)7-13-12(8-16)2-4-19-5-3-12/h6,13,16H,2-5,7-8H2,1H3,(H,17,18). The van der Waals surface area contributed by atoms with Gasteiger partial charge in [-0.25, -0.2) is 4.79 Å². The van der Waals surface area contributed by atoms with E-state index in [4.69, 9.17) is 9.84 Å². The van der Waals surface area contributed by atoms with Gasteiger partial charge in [0.05, 0.1) is 18.5 Å². The number of hydrogen-bond acceptors (Lipinski definition) is 5. The normalized spacial score (nSPS) is 18.4. The first-order valence-electron chi connectivity index (χ1n) is 6.26. The molecule has 1 fully saturated rings. The van der Waals surface area contributed by atoms with Crippen LogP contribution >= 0.6 is 0 Å². The Bertz CT molecular complexity index is 452. The maximum absolute atomic E-state index is 11.1. The van der Waals surface area contributed by atoms with E-state index in [1.807, 2.05) is 0 Å². The molecule has 0 spiro atoms. The zero-order valence-electron chi connectivity index (χ0n) is 10.9. The number of carboxylic acid groups (broad SMARTS) is 1. The van der Waals surface area contributed by atoms with Crippen LogP contribution in [0.3, 0.4) is 0 Å². The minimum atomic E-state index is -0.991. The third kappa shape index (κ3) is 2.94. The summed E-state index contributed by atoms with van der Waals surface area (Å²) in [6.07, 6.45) is 2.77. The maximum atomic E-state index is 11.1. The predicted octanol–water partition coefficient (Wildman–Crippen LogP) is -0.251. The van der Waals surface area contributed by atoms with Gasteiger partial charge in [0, 0.05) is 32.3 Å². The molecular formula is C12H19N3O4. The molecule has 1 aromatic heterocycles. The molecule has 0 radical (unpaired) electrons. The van der Waals surface area contributed by atoms with Crippen molar-refractivity contribution in [3.63, 3.8) is 0 Å². The van der Waals surface area contributed by atoms with Crippen LogP contribution in [0.25, 0.3) is 0 Å². The third-order valence-electron chi connectivity index (χ3n) is 3.68. The molecule has 0 saturated carbocycles. The molecule has 0 aliphatic carbocycles. The zero-order valence-corrected chi connectivity index (χ0v) is 10.9. The van der Waals surface area contributed by atoms with E-state index in [1.165, 1.54) is 6.20 Å². The molecule has 0 atom stereocenters. The van der Waals surface area contributed by atoms with E-state index in [9.17, 15) is 9.90 Å². The van der Waals surface area contributed by atoms with Crippen molar-refractivity contribution in [3.8, 4) is 0 Å². The largest absolute Gasteiger partial charge is 0.478 e. The summed E-state index contributed by atoms with van der Waals surface area (Å²) in [6.45, 7) is 1.57.